The molecule has 2 amide bonds. The average Bonchev–Trinajstić information content (AvgIpc) is 3.60. The maximum Gasteiger partial charge on any atom is 0.408 e. The molecule has 0 saturated heterocycles. The molecule has 1 atom stereocenters. The van der Waals surface area contributed by atoms with Crippen LogP contribution in [0.4, 0.5) is 4.79 Å². The minimum atomic E-state index is -1.38. The molecule has 34 heavy (non-hydrogen) atoms. The minimum absolute atomic E-state index is 0.00709. The van der Waals surface area contributed by atoms with Gasteiger partial charge < -0.3 is 24.8 Å². The van der Waals surface area contributed by atoms with E-state index in [1.165, 1.54) is 12.0 Å². The molecule has 1 unspecified atom stereocenters. The molecule has 8 heteroatoms. The van der Waals surface area contributed by atoms with Crippen LogP contribution in [-0.2, 0) is 19.1 Å². The molecule has 0 bridgehead atoms. The Labute approximate surface area is 198 Å². The average molecular weight is 467 g/mol. The number of hydrogen-bond acceptors (Lipinski definition) is 5. The van der Waals surface area contributed by atoms with Gasteiger partial charge in [-0.25, -0.2) is 4.79 Å². The Balaban J connectivity index is 1.45. The number of amides is 2. The molecule has 0 spiro atoms. The third kappa shape index (κ3) is 4.92. The van der Waals surface area contributed by atoms with Crippen LogP contribution in [0.1, 0.15) is 43.2 Å². The van der Waals surface area contributed by atoms with Gasteiger partial charge in [-0.2, -0.15) is 0 Å². The van der Waals surface area contributed by atoms with E-state index in [0.29, 0.717) is 0 Å². The van der Waals surface area contributed by atoms with Crippen molar-refractivity contribution in [1.29, 1.82) is 0 Å². The third-order valence-corrected chi connectivity index (χ3v) is 6.44. The summed E-state index contributed by atoms with van der Waals surface area (Å²) in [5, 5.41) is 11.8. The Hall–Kier alpha value is -3.39. The van der Waals surface area contributed by atoms with Crippen LogP contribution >= 0.6 is 0 Å². The van der Waals surface area contributed by atoms with Gasteiger partial charge >= 0.3 is 12.1 Å². The second kappa shape index (κ2) is 9.85. The number of hydrogen-bond donors (Lipinski definition) is 2. The fourth-order valence-corrected chi connectivity index (χ4v) is 4.67. The zero-order chi connectivity index (χ0) is 24.3. The van der Waals surface area contributed by atoms with Gasteiger partial charge in [-0.3, -0.25) is 9.59 Å². The molecule has 2 aromatic carbocycles. The van der Waals surface area contributed by atoms with Crippen molar-refractivity contribution in [2.24, 2.45) is 0 Å². The topological polar surface area (TPSA) is 105 Å². The monoisotopic (exact) mass is 466 g/mol. The number of methoxy groups -OCH3 is 1. The molecule has 180 valence electrons. The molecule has 2 aromatic rings. The normalized spacial score (nSPS) is 16.2. The second-order valence-electron chi connectivity index (χ2n) is 9.09. The van der Waals surface area contributed by atoms with E-state index in [4.69, 9.17) is 14.6 Å². The fraction of sp³-hybridized carbons (Fsp3) is 0.423. The Bertz CT molecular complexity index is 1040. The summed E-state index contributed by atoms with van der Waals surface area (Å²) in [6, 6.07) is 16.1. The largest absolute Gasteiger partial charge is 0.481 e. The summed E-state index contributed by atoms with van der Waals surface area (Å²) in [4.78, 5) is 38.8. The van der Waals surface area contributed by atoms with E-state index in [9.17, 15) is 14.4 Å². The number of aliphatic carboxylic acids is 1. The smallest absolute Gasteiger partial charge is 0.408 e. The Morgan fingerprint density at radius 3 is 2.18 bits per heavy atom. The number of nitrogens with zero attached hydrogens (tertiary/aromatic N) is 1. The number of carboxylic acids is 1. The number of benzene rings is 2. The van der Waals surface area contributed by atoms with Gasteiger partial charge in [0.05, 0.1) is 13.0 Å². The lowest BCUT2D eigenvalue weighted by atomic mass is 9.98. The van der Waals surface area contributed by atoms with Gasteiger partial charge in [0.2, 0.25) is 0 Å². The van der Waals surface area contributed by atoms with Crippen molar-refractivity contribution in [2.75, 3.05) is 26.9 Å². The predicted molar refractivity (Wildman–Crippen MR) is 125 cm³/mol. The number of carbonyl (C=O) groups is 3. The van der Waals surface area contributed by atoms with E-state index in [1.54, 1.807) is 6.92 Å². The van der Waals surface area contributed by atoms with Crippen LogP contribution in [0.2, 0.25) is 0 Å². The first-order valence-electron chi connectivity index (χ1n) is 11.5. The van der Waals surface area contributed by atoms with Gasteiger partial charge in [-0.15, -0.1) is 0 Å². The van der Waals surface area contributed by atoms with Gasteiger partial charge in [-0.05, 0) is 42.0 Å². The Morgan fingerprint density at radius 2 is 1.65 bits per heavy atom. The molecule has 1 fully saturated rings. The number of fused-ring (bicyclic) bond motifs is 3. The van der Waals surface area contributed by atoms with Gasteiger partial charge in [-0.1, -0.05) is 48.5 Å². The summed E-state index contributed by atoms with van der Waals surface area (Å²) in [6.07, 6.45) is 0.762. The van der Waals surface area contributed by atoms with E-state index in [-0.39, 0.29) is 44.0 Å². The second-order valence-corrected chi connectivity index (χ2v) is 9.09. The lowest BCUT2D eigenvalue weighted by Gasteiger charge is -2.34. The third-order valence-electron chi connectivity index (χ3n) is 6.44. The first-order valence-corrected chi connectivity index (χ1v) is 11.5. The van der Waals surface area contributed by atoms with E-state index < -0.39 is 17.6 Å². The van der Waals surface area contributed by atoms with Gasteiger partial charge in [0.15, 0.2) is 0 Å². The van der Waals surface area contributed by atoms with Crippen molar-refractivity contribution >= 4 is 18.0 Å². The number of ether oxygens (including phenoxy) is 2. The summed E-state index contributed by atoms with van der Waals surface area (Å²) in [6.45, 7) is 1.73. The van der Waals surface area contributed by atoms with Gasteiger partial charge in [0, 0.05) is 25.6 Å². The van der Waals surface area contributed by atoms with Crippen LogP contribution in [0.15, 0.2) is 48.5 Å². The summed E-state index contributed by atoms with van der Waals surface area (Å²) < 4.78 is 10.9. The number of nitrogens with one attached hydrogen (secondary N) is 1. The molecular weight excluding hydrogens is 436 g/mol. The highest BCUT2D eigenvalue weighted by atomic mass is 16.5. The molecule has 4 rings (SSSR count). The first kappa shape index (κ1) is 23.8. The molecule has 2 aliphatic rings. The highest BCUT2D eigenvalue weighted by Gasteiger charge is 2.44. The van der Waals surface area contributed by atoms with Crippen LogP contribution in [0.3, 0.4) is 0 Å². The van der Waals surface area contributed by atoms with Crippen molar-refractivity contribution in [3.63, 3.8) is 0 Å². The van der Waals surface area contributed by atoms with E-state index >= 15 is 0 Å². The first-order chi connectivity index (χ1) is 16.3. The molecule has 2 N–H and O–H groups in total. The van der Waals surface area contributed by atoms with Crippen LogP contribution < -0.4 is 5.32 Å². The number of carbonyl (C=O) groups excluding carboxylic acids is 2. The van der Waals surface area contributed by atoms with Crippen LogP contribution in [0.25, 0.3) is 11.1 Å². The van der Waals surface area contributed by atoms with Crippen molar-refractivity contribution in [3.8, 4) is 11.1 Å². The molecule has 0 heterocycles. The van der Waals surface area contributed by atoms with Crippen molar-refractivity contribution in [2.45, 2.75) is 43.7 Å². The SMILES string of the molecule is COCC(C)(NC(=O)OCC1c2ccccc2-c2ccccc21)C(=O)N(CCC(=O)O)C1CC1. The Kier molecular flexibility index (Phi) is 6.88. The van der Waals surface area contributed by atoms with E-state index in [0.717, 1.165) is 35.1 Å². The van der Waals surface area contributed by atoms with Crippen LogP contribution in [0.5, 0.6) is 0 Å². The van der Waals surface area contributed by atoms with Gasteiger partial charge in [0.1, 0.15) is 12.1 Å². The Morgan fingerprint density at radius 1 is 1.06 bits per heavy atom. The standard InChI is InChI=1S/C26H30N2O6/c1-26(16-33-2,24(31)28(17-11-12-17)14-13-23(29)30)27-25(32)34-15-22-20-9-5-3-7-18(20)19-8-4-6-10-21(19)22/h3-10,17,22H,11-16H2,1-2H3,(H,27,32)(H,29,30). The van der Waals surface area contributed by atoms with Crippen molar-refractivity contribution in [1.82, 2.24) is 10.2 Å². The van der Waals surface area contributed by atoms with Crippen molar-refractivity contribution < 1.29 is 29.0 Å². The molecule has 8 nitrogen and oxygen atoms in total. The van der Waals surface area contributed by atoms with E-state index in [2.05, 4.69) is 17.4 Å². The predicted octanol–water partition coefficient (Wildman–Crippen LogP) is 3.40. The quantitative estimate of drug-likeness (QED) is 0.556. The zero-order valence-electron chi connectivity index (χ0n) is 19.5. The molecule has 2 aliphatic carbocycles. The minimum Gasteiger partial charge on any atom is -0.481 e. The zero-order valence-corrected chi connectivity index (χ0v) is 19.5. The summed E-state index contributed by atoms with van der Waals surface area (Å²) >= 11 is 0. The number of carboxylic acid groups (broad SMARTS) is 1. The highest BCUT2D eigenvalue weighted by Crippen LogP contribution is 2.44. The molecule has 0 radical (unpaired) electrons. The maximum absolute atomic E-state index is 13.4. The molecule has 0 aliphatic heterocycles. The lowest BCUT2D eigenvalue weighted by molar-refractivity contribution is -0.142. The summed E-state index contributed by atoms with van der Waals surface area (Å²) in [5.41, 5.74) is 3.08. The molecule has 0 aromatic heterocycles. The summed E-state index contributed by atoms with van der Waals surface area (Å²) in [7, 11) is 1.45. The molecule has 1 saturated carbocycles. The number of rotatable bonds is 10. The van der Waals surface area contributed by atoms with Crippen molar-refractivity contribution in [3.05, 3.63) is 59.7 Å². The highest BCUT2D eigenvalue weighted by molar-refractivity contribution is 5.90. The van der Waals surface area contributed by atoms with E-state index in [1.807, 2.05) is 36.4 Å². The summed E-state index contributed by atoms with van der Waals surface area (Å²) in [5.74, 6) is -1.44. The van der Waals surface area contributed by atoms with Gasteiger partial charge in [0.25, 0.3) is 5.91 Å². The number of alkyl carbamates (subject to hydrolysis) is 1. The fourth-order valence-electron chi connectivity index (χ4n) is 4.67. The lowest BCUT2D eigenvalue weighted by Crippen LogP contribution is -2.61. The van der Waals surface area contributed by atoms with Crippen LogP contribution in [-0.4, -0.2) is 66.4 Å². The maximum atomic E-state index is 13.4. The molecular formula is C26H30N2O6. The van der Waals surface area contributed by atoms with Crippen LogP contribution in [0, 0.1) is 0 Å².